The molecule has 114 valence electrons. The fraction of sp³-hybridized carbons (Fsp3) is 0.769. The van der Waals surface area contributed by atoms with Crippen molar-refractivity contribution in [3.05, 3.63) is 0 Å². The predicted molar refractivity (Wildman–Crippen MR) is 71.0 cm³/mol. The van der Waals surface area contributed by atoms with Crippen molar-refractivity contribution in [3.8, 4) is 0 Å². The highest BCUT2D eigenvalue weighted by molar-refractivity contribution is 5.91. The van der Waals surface area contributed by atoms with Crippen molar-refractivity contribution in [3.63, 3.8) is 0 Å². The Hall–Kier alpha value is -1.63. The summed E-state index contributed by atoms with van der Waals surface area (Å²) in [4.78, 5) is 36.4. The van der Waals surface area contributed by atoms with Gasteiger partial charge in [0, 0.05) is 26.6 Å². The predicted octanol–water partition coefficient (Wildman–Crippen LogP) is -0.293. The Balaban J connectivity index is 2.56. The van der Waals surface area contributed by atoms with E-state index in [2.05, 4.69) is 5.32 Å². The number of aliphatic carboxylic acids is 1. The fourth-order valence-electron chi connectivity index (χ4n) is 2.15. The van der Waals surface area contributed by atoms with Crippen molar-refractivity contribution in [1.82, 2.24) is 10.2 Å². The molecule has 7 nitrogen and oxygen atoms in total. The van der Waals surface area contributed by atoms with Crippen LogP contribution in [0.25, 0.3) is 0 Å². The van der Waals surface area contributed by atoms with Crippen molar-refractivity contribution in [2.75, 3.05) is 26.8 Å². The lowest BCUT2D eigenvalue weighted by molar-refractivity contribution is -0.143. The molecule has 7 heteroatoms. The maximum Gasteiger partial charge on any atom is 0.326 e. The van der Waals surface area contributed by atoms with Crippen molar-refractivity contribution in [1.29, 1.82) is 0 Å². The van der Waals surface area contributed by atoms with Crippen LogP contribution < -0.4 is 5.32 Å². The number of likely N-dealkylation sites (tertiary alicyclic amines) is 1. The summed E-state index contributed by atoms with van der Waals surface area (Å²) in [6.07, 6.45) is 0.125. The van der Waals surface area contributed by atoms with Crippen molar-refractivity contribution in [2.24, 2.45) is 11.8 Å². The zero-order chi connectivity index (χ0) is 15.3. The lowest BCUT2D eigenvalue weighted by atomic mass is 10.0. The molecule has 0 aromatic rings. The Bertz CT molecular complexity index is 383. The fourth-order valence-corrected chi connectivity index (χ4v) is 2.15. The van der Waals surface area contributed by atoms with Crippen LogP contribution in [-0.4, -0.2) is 60.6 Å². The van der Waals surface area contributed by atoms with Crippen LogP contribution in [0, 0.1) is 11.8 Å². The minimum Gasteiger partial charge on any atom is -0.480 e. The van der Waals surface area contributed by atoms with E-state index >= 15 is 0 Å². The molecule has 1 rings (SSSR count). The van der Waals surface area contributed by atoms with E-state index in [9.17, 15) is 14.4 Å². The summed E-state index contributed by atoms with van der Waals surface area (Å²) in [5, 5.41) is 11.6. The molecule has 1 unspecified atom stereocenters. The summed E-state index contributed by atoms with van der Waals surface area (Å²) in [6.45, 7) is 4.64. The van der Waals surface area contributed by atoms with Gasteiger partial charge in [0.05, 0.1) is 12.5 Å². The van der Waals surface area contributed by atoms with Crippen LogP contribution in [0.3, 0.4) is 0 Å². The monoisotopic (exact) mass is 286 g/mol. The van der Waals surface area contributed by atoms with E-state index in [-0.39, 0.29) is 24.2 Å². The molecule has 2 atom stereocenters. The number of carboxylic acids is 1. The molecule has 0 bridgehead atoms. The third-order valence-electron chi connectivity index (χ3n) is 3.38. The minimum atomic E-state index is -1.06. The lowest BCUT2D eigenvalue weighted by Crippen LogP contribution is -2.47. The summed E-state index contributed by atoms with van der Waals surface area (Å²) >= 11 is 0. The molecular formula is C13H22N2O5. The number of carboxylic acid groups (broad SMARTS) is 1. The smallest absolute Gasteiger partial charge is 0.326 e. The molecule has 0 spiro atoms. The van der Waals surface area contributed by atoms with E-state index in [1.165, 1.54) is 0 Å². The van der Waals surface area contributed by atoms with E-state index in [1.807, 2.05) is 0 Å². The Labute approximate surface area is 118 Å². The van der Waals surface area contributed by atoms with Crippen LogP contribution in [0.2, 0.25) is 0 Å². The molecule has 20 heavy (non-hydrogen) atoms. The first kappa shape index (κ1) is 16.4. The summed E-state index contributed by atoms with van der Waals surface area (Å²) in [7, 11) is 1.55. The molecule has 1 fully saturated rings. The number of ether oxygens (including phenoxy) is 1. The topological polar surface area (TPSA) is 95.9 Å². The van der Waals surface area contributed by atoms with E-state index < -0.39 is 17.9 Å². The second kappa shape index (κ2) is 7.23. The zero-order valence-electron chi connectivity index (χ0n) is 12.1. The molecular weight excluding hydrogens is 264 g/mol. The Morgan fingerprint density at radius 2 is 2.15 bits per heavy atom. The maximum absolute atomic E-state index is 12.0. The van der Waals surface area contributed by atoms with E-state index in [0.29, 0.717) is 19.7 Å². The normalized spacial score (nSPS) is 20.3. The average molecular weight is 286 g/mol. The van der Waals surface area contributed by atoms with Gasteiger partial charge >= 0.3 is 5.97 Å². The maximum atomic E-state index is 12.0. The number of amides is 2. The largest absolute Gasteiger partial charge is 0.480 e. The second-order valence-corrected chi connectivity index (χ2v) is 5.30. The SMILES string of the molecule is COCCN1CC(C(=O)N[C@H](C(=O)O)C(C)C)CC1=O. The summed E-state index contributed by atoms with van der Waals surface area (Å²) in [5.74, 6) is -2.23. The highest BCUT2D eigenvalue weighted by Crippen LogP contribution is 2.18. The number of carbonyl (C=O) groups excluding carboxylic acids is 2. The quantitative estimate of drug-likeness (QED) is 0.670. The third-order valence-corrected chi connectivity index (χ3v) is 3.38. The first-order valence-corrected chi connectivity index (χ1v) is 6.66. The Kier molecular flexibility index (Phi) is 5.94. The highest BCUT2D eigenvalue weighted by atomic mass is 16.5. The molecule has 1 heterocycles. The molecule has 0 aliphatic carbocycles. The van der Waals surface area contributed by atoms with Crippen molar-refractivity contribution < 1.29 is 24.2 Å². The first-order chi connectivity index (χ1) is 9.36. The van der Waals surface area contributed by atoms with E-state index in [1.54, 1.807) is 25.9 Å². The van der Waals surface area contributed by atoms with Gasteiger partial charge < -0.3 is 20.1 Å². The second-order valence-electron chi connectivity index (χ2n) is 5.30. The molecule has 0 aromatic carbocycles. The number of hydrogen-bond donors (Lipinski definition) is 2. The van der Waals surface area contributed by atoms with Gasteiger partial charge in [0.15, 0.2) is 0 Å². The van der Waals surface area contributed by atoms with Crippen LogP contribution >= 0.6 is 0 Å². The van der Waals surface area contributed by atoms with Crippen LogP contribution in [0.5, 0.6) is 0 Å². The molecule has 0 radical (unpaired) electrons. The highest BCUT2D eigenvalue weighted by Gasteiger charge is 2.36. The third kappa shape index (κ3) is 4.19. The van der Waals surface area contributed by atoms with Gasteiger partial charge in [-0.2, -0.15) is 0 Å². The lowest BCUT2D eigenvalue weighted by Gasteiger charge is -2.20. The average Bonchev–Trinajstić information content (AvgIpc) is 2.73. The molecule has 0 saturated carbocycles. The van der Waals surface area contributed by atoms with Gasteiger partial charge in [-0.25, -0.2) is 4.79 Å². The molecule has 1 aliphatic heterocycles. The van der Waals surface area contributed by atoms with Crippen LogP contribution in [-0.2, 0) is 19.1 Å². The number of rotatable bonds is 7. The van der Waals surface area contributed by atoms with Gasteiger partial charge in [-0.3, -0.25) is 9.59 Å². The van der Waals surface area contributed by atoms with Gasteiger partial charge in [-0.1, -0.05) is 13.8 Å². The van der Waals surface area contributed by atoms with Crippen molar-refractivity contribution >= 4 is 17.8 Å². The Morgan fingerprint density at radius 3 is 2.65 bits per heavy atom. The standard InChI is InChI=1S/C13H22N2O5/c1-8(2)11(13(18)19)14-12(17)9-6-10(16)15(7-9)4-5-20-3/h8-9,11H,4-7H2,1-3H3,(H,14,17)(H,18,19)/t9?,11-/m0/s1. The molecule has 1 saturated heterocycles. The molecule has 2 N–H and O–H groups in total. The van der Waals surface area contributed by atoms with Gasteiger partial charge in [-0.05, 0) is 5.92 Å². The molecule has 0 aromatic heterocycles. The number of nitrogens with zero attached hydrogens (tertiary/aromatic N) is 1. The van der Waals surface area contributed by atoms with Gasteiger partial charge in [0.25, 0.3) is 0 Å². The van der Waals surface area contributed by atoms with E-state index in [4.69, 9.17) is 9.84 Å². The molecule has 1 aliphatic rings. The zero-order valence-corrected chi connectivity index (χ0v) is 12.1. The van der Waals surface area contributed by atoms with Crippen LogP contribution in [0.4, 0.5) is 0 Å². The van der Waals surface area contributed by atoms with E-state index in [0.717, 1.165) is 0 Å². The summed E-state index contributed by atoms with van der Waals surface area (Å²) < 4.78 is 4.90. The summed E-state index contributed by atoms with van der Waals surface area (Å²) in [6, 6.07) is -0.925. The number of hydrogen-bond acceptors (Lipinski definition) is 4. The Morgan fingerprint density at radius 1 is 1.50 bits per heavy atom. The molecule has 2 amide bonds. The first-order valence-electron chi connectivity index (χ1n) is 6.66. The van der Waals surface area contributed by atoms with Crippen LogP contribution in [0.15, 0.2) is 0 Å². The number of nitrogens with one attached hydrogen (secondary N) is 1. The van der Waals surface area contributed by atoms with Gasteiger partial charge in [-0.15, -0.1) is 0 Å². The number of methoxy groups -OCH3 is 1. The van der Waals surface area contributed by atoms with Gasteiger partial charge in [0.1, 0.15) is 6.04 Å². The minimum absolute atomic E-state index is 0.0985. The number of carbonyl (C=O) groups is 3. The van der Waals surface area contributed by atoms with Gasteiger partial charge in [0.2, 0.25) is 11.8 Å². The van der Waals surface area contributed by atoms with Crippen molar-refractivity contribution in [2.45, 2.75) is 26.3 Å². The summed E-state index contributed by atoms with van der Waals surface area (Å²) in [5.41, 5.74) is 0. The van der Waals surface area contributed by atoms with Crippen LogP contribution in [0.1, 0.15) is 20.3 Å².